The highest BCUT2D eigenvalue weighted by Gasteiger charge is 2.48. The van der Waals surface area contributed by atoms with Gasteiger partial charge in [-0.05, 0) is 74.9 Å². The molecular formula is C32H35F3N8O2. The number of aryl methyl sites for hydroxylation is 1. The Labute approximate surface area is 258 Å². The van der Waals surface area contributed by atoms with Crippen molar-refractivity contribution >= 4 is 22.6 Å². The van der Waals surface area contributed by atoms with Gasteiger partial charge >= 0.3 is 6.18 Å². The Morgan fingerprint density at radius 3 is 2.49 bits per heavy atom. The van der Waals surface area contributed by atoms with Crippen LogP contribution < -0.4 is 5.32 Å². The average Bonchev–Trinajstić information content (AvgIpc) is 3.74. The number of alkyl halides is 3. The Morgan fingerprint density at radius 1 is 1.02 bits per heavy atom. The van der Waals surface area contributed by atoms with E-state index in [2.05, 4.69) is 30.3 Å². The molecule has 0 bridgehead atoms. The highest BCUT2D eigenvalue weighted by molar-refractivity contribution is 5.92. The van der Waals surface area contributed by atoms with Crippen molar-refractivity contribution in [1.82, 2.24) is 34.5 Å². The van der Waals surface area contributed by atoms with E-state index in [1.807, 2.05) is 17.0 Å². The van der Waals surface area contributed by atoms with Gasteiger partial charge in [-0.15, -0.1) is 0 Å². The van der Waals surface area contributed by atoms with Crippen molar-refractivity contribution in [2.75, 3.05) is 25.0 Å². The van der Waals surface area contributed by atoms with Gasteiger partial charge in [-0.2, -0.15) is 18.3 Å². The van der Waals surface area contributed by atoms with Crippen molar-refractivity contribution in [3.63, 3.8) is 0 Å². The summed E-state index contributed by atoms with van der Waals surface area (Å²) in [6.07, 6.45) is 5.29. The molecule has 0 spiro atoms. The number of fused-ring (bicyclic) bond motifs is 2. The van der Waals surface area contributed by atoms with E-state index >= 15 is 0 Å². The summed E-state index contributed by atoms with van der Waals surface area (Å²) < 4.78 is 41.5. The molecule has 236 valence electrons. The lowest BCUT2D eigenvalue weighted by molar-refractivity contribution is -0.137. The molecule has 45 heavy (non-hydrogen) atoms. The fraction of sp³-hybridized carbons (Fsp3) is 0.469. The van der Waals surface area contributed by atoms with Crippen LogP contribution in [-0.4, -0.2) is 83.3 Å². The largest absolute Gasteiger partial charge is 0.416 e. The summed E-state index contributed by atoms with van der Waals surface area (Å²) in [5.41, 5.74) is 0.296. The van der Waals surface area contributed by atoms with Crippen LogP contribution in [0.1, 0.15) is 49.8 Å². The van der Waals surface area contributed by atoms with Gasteiger partial charge in [-0.3, -0.25) is 19.4 Å². The fourth-order valence-corrected chi connectivity index (χ4v) is 7.53. The number of pyridine rings is 1. The molecule has 2 aliphatic heterocycles. The first kappa shape index (κ1) is 29.6. The van der Waals surface area contributed by atoms with Crippen LogP contribution in [0.2, 0.25) is 0 Å². The molecule has 0 radical (unpaired) electrons. The minimum atomic E-state index is -4.46. The van der Waals surface area contributed by atoms with Crippen molar-refractivity contribution < 1.29 is 23.1 Å². The van der Waals surface area contributed by atoms with Crippen molar-refractivity contribution in [1.29, 1.82) is 0 Å². The zero-order valence-corrected chi connectivity index (χ0v) is 24.9. The molecule has 2 saturated heterocycles. The smallest absolute Gasteiger partial charge is 0.384 e. The minimum Gasteiger partial charge on any atom is -0.384 e. The number of likely N-dealkylation sites (tertiary alicyclic amines) is 2. The van der Waals surface area contributed by atoms with Gasteiger partial charge in [0.05, 0.1) is 23.3 Å². The lowest BCUT2D eigenvalue weighted by Crippen LogP contribution is -2.47. The van der Waals surface area contributed by atoms with E-state index in [1.165, 1.54) is 10.7 Å². The molecule has 10 nitrogen and oxygen atoms in total. The summed E-state index contributed by atoms with van der Waals surface area (Å²) >= 11 is 0. The van der Waals surface area contributed by atoms with Gasteiger partial charge in [0.2, 0.25) is 5.91 Å². The Balaban J connectivity index is 0.957. The van der Waals surface area contributed by atoms with Crippen molar-refractivity contribution in [3.8, 4) is 11.4 Å². The predicted octanol–water partition coefficient (Wildman–Crippen LogP) is 4.36. The summed E-state index contributed by atoms with van der Waals surface area (Å²) in [5, 5.41) is 19.2. The highest BCUT2D eigenvalue weighted by Crippen LogP contribution is 2.42. The second-order valence-corrected chi connectivity index (χ2v) is 12.4. The second kappa shape index (κ2) is 11.4. The number of carbonyl (C=O) groups excluding carboxylic acids is 1. The van der Waals surface area contributed by atoms with Crippen LogP contribution in [0.25, 0.3) is 22.3 Å². The van der Waals surface area contributed by atoms with E-state index in [-0.39, 0.29) is 30.4 Å². The quantitative estimate of drug-likeness (QED) is 0.327. The minimum absolute atomic E-state index is 0.0375. The van der Waals surface area contributed by atoms with Crippen LogP contribution in [0.5, 0.6) is 0 Å². The number of rotatable bonds is 6. The molecule has 3 aromatic heterocycles. The van der Waals surface area contributed by atoms with Crippen molar-refractivity contribution in [3.05, 3.63) is 66.2 Å². The monoisotopic (exact) mass is 620 g/mol. The molecule has 5 heterocycles. The third kappa shape index (κ3) is 5.52. The molecule has 2 N–H and O–H groups in total. The Hall–Kier alpha value is -4.10. The van der Waals surface area contributed by atoms with Crippen molar-refractivity contribution in [2.24, 2.45) is 7.05 Å². The number of amides is 1. The first-order chi connectivity index (χ1) is 21.6. The topological polar surface area (TPSA) is 112 Å². The number of benzene rings is 1. The first-order valence-corrected chi connectivity index (χ1v) is 15.4. The maximum absolute atomic E-state index is 13.4. The van der Waals surface area contributed by atoms with Gasteiger partial charge in [0, 0.05) is 67.8 Å². The number of nitrogens with one attached hydrogen (secondary N) is 1. The van der Waals surface area contributed by atoms with E-state index in [4.69, 9.17) is 0 Å². The molecule has 1 aliphatic carbocycles. The van der Waals surface area contributed by atoms with Crippen LogP contribution in [-0.2, 0) is 23.6 Å². The van der Waals surface area contributed by atoms with Gasteiger partial charge in [0.25, 0.3) is 0 Å². The van der Waals surface area contributed by atoms with E-state index in [9.17, 15) is 23.1 Å². The van der Waals surface area contributed by atoms with Gasteiger partial charge in [0.15, 0.2) is 11.6 Å². The van der Waals surface area contributed by atoms with Gasteiger partial charge in [-0.25, -0.2) is 9.97 Å². The number of carbonyl (C=O) groups is 1. The number of hydrogen-bond donors (Lipinski definition) is 2. The molecule has 1 saturated carbocycles. The summed E-state index contributed by atoms with van der Waals surface area (Å²) in [7, 11) is 1.67. The summed E-state index contributed by atoms with van der Waals surface area (Å²) in [5.74, 6) is 0.784. The summed E-state index contributed by atoms with van der Waals surface area (Å²) in [4.78, 5) is 30.9. The zero-order valence-electron chi connectivity index (χ0n) is 24.9. The van der Waals surface area contributed by atoms with Crippen LogP contribution >= 0.6 is 0 Å². The van der Waals surface area contributed by atoms with E-state index in [0.717, 1.165) is 49.9 Å². The Kier molecular flexibility index (Phi) is 7.47. The predicted molar refractivity (Wildman–Crippen MR) is 161 cm³/mol. The molecule has 4 aromatic rings. The zero-order chi connectivity index (χ0) is 31.3. The SMILES string of the molecule is Cn1nc(NCC(=O)N2CCC3C2CCN3C2CCC(O)(c3ccc(-c4ncccn4)cn3)CC2)c2cc(C(F)(F)F)ccc21. The third-order valence-corrected chi connectivity index (χ3v) is 9.84. The number of aromatic nitrogens is 5. The van der Waals surface area contributed by atoms with Crippen LogP contribution in [0.3, 0.4) is 0 Å². The Bertz CT molecular complexity index is 1690. The van der Waals surface area contributed by atoms with Gasteiger partial charge in [-0.1, -0.05) is 0 Å². The maximum atomic E-state index is 13.4. The van der Waals surface area contributed by atoms with E-state index < -0.39 is 17.3 Å². The number of anilines is 1. The molecule has 3 fully saturated rings. The van der Waals surface area contributed by atoms with Gasteiger partial charge in [0.1, 0.15) is 5.60 Å². The number of aliphatic hydroxyl groups is 1. The molecule has 2 unspecified atom stereocenters. The van der Waals surface area contributed by atoms with E-state index in [0.29, 0.717) is 47.8 Å². The van der Waals surface area contributed by atoms with Gasteiger partial charge < -0.3 is 15.3 Å². The summed E-state index contributed by atoms with van der Waals surface area (Å²) in [6, 6.07) is 9.75. The normalized spacial score (nSPS) is 25.5. The lowest BCUT2D eigenvalue weighted by atomic mass is 9.79. The molecule has 7 rings (SSSR count). The summed E-state index contributed by atoms with van der Waals surface area (Å²) in [6.45, 7) is 1.50. The molecule has 2 atom stereocenters. The molecule has 13 heteroatoms. The molecule has 1 amide bonds. The number of nitrogens with zero attached hydrogens (tertiary/aromatic N) is 7. The fourth-order valence-electron chi connectivity index (χ4n) is 7.53. The molecule has 1 aromatic carbocycles. The van der Waals surface area contributed by atoms with Crippen LogP contribution in [0.15, 0.2) is 55.0 Å². The van der Waals surface area contributed by atoms with Crippen LogP contribution in [0, 0.1) is 0 Å². The van der Waals surface area contributed by atoms with Crippen LogP contribution in [0.4, 0.5) is 19.0 Å². The molecule has 3 aliphatic rings. The second-order valence-electron chi connectivity index (χ2n) is 12.4. The number of hydrogen-bond acceptors (Lipinski definition) is 8. The molecular weight excluding hydrogens is 585 g/mol. The Morgan fingerprint density at radius 2 is 1.78 bits per heavy atom. The average molecular weight is 621 g/mol. The first-order valence-electron chi connectivity index (χ1n) is 15.4. The third-order valence-electron chi connectivity index (χ3n) is 9.84. The standard InChI is InChI=1S/C32H35F3N8O2/c1-41-24-5-4-21(32(33,34)35)17-23(24)30(40-41)39-19-28(44)43-16-10-25-26(43)9-15-42(25)22-7-11-31(45,12-8-22)27-6-3-20(18-38-27)29-36-13-2-14-37-29/h2-6,13-14,17-18,22,25-26,45H,7-12,15-16,19H2,1H3,(H,39,40). The lowest BCUT2D eigenvalue weighted by Gasteiger charge is -2.41. The van der Waals surface area contributed by atoms with E-state index in [1.54, 1.807) is 31.7 Å². The highest BCUT2D eigenvalue weighted by atomic mass is 19.4. The maximum Gasteiger partial charge on any atom is 0.416 e. The van der Waals surface area contributed by atoms with Crippen molar-refractivity contribution in [2.45, 2.75) is 68.4 Å². The number of halogens is 3.